The Morgan fingerprint density at radius 2 is 2.00 bits per heavy atom. The van der Waals surface area contributed by atoms with Crippen LogP contribution in [0.15, 0.2) is 0 Å². The molecule has 0 spiro atoms. The van der Waals surface area contributed by atoms with E-state index >= 15 is 0 Å². The number of likely N-dealkylation sites (tertiary alicyclic amines) is 1. The van der Waals surface area contributed by atoms with Crippen LogP contribution in [0.25, 0.3) is 0 Å². The molecule has 3 heteroatoms. The second-order valence-electron chi connectivity index (χ2n) is 5.68. The zero-order valence-electron chi connectivity index (χ0n) is 11.7. The molecule has 0 aromatic rings. The van der Waals surface area contributed by atoms with Crippen LogP contribution in [0.1, 0.15) is 34.1 Å². The number of likely N-dealkylation sites (N-methyl/N-ethyl adjacent to an activating group) is 1. The molecule has 0 saturated carbocycles. The van der Waals surface area contributed by atoms with Crippen molar-refractivity contribution >= 4 is 0 Å². The molecule has 0 bridgehead atoms. The minimum atomic E-state index is 0.614. The van der Waals surface area contributed by atoms with E-state index in [1.165, 1.54) is 32.6 Å². The van der Waals surface area contributed by atoms with Crippen molar-refractivity contribution in [2.24, 2.45) is 0 Å². The molecule has 1 aliphatic heterocycles. The number of nitrogens with one attached hydrogen (secondary N) is 1. The van der Waals surface area contributed by atoms with E-state index in [2.05, 4.69) is 49.9 Å². The van der Waals surface area contributed by atoms with Crippen molar-refractivity contribution in [2.45, 2.75) is 52.2 Å². The summed E-state index contributed by atoms with van der Waals surface area (Å²) in [5.74, 6) is 0. The molecular weight excluding hydrogens is 198 g/mol. The van der Waals surface area contributed by atoms with Crippen LogP contribution in [0, 0.1) is 0 Å². The number of nitrogens with zero attached hydrogens (tertiary/aromatic N) is 2. The SMILES string of the molecule is CC(C)NC1CCN(CCN(C)C(C)C)C1. The van der Waals surface area contributed by atoms with Gasteiger partial charge in [-0.05, 0) is 33.9 Å². The first-order valence-corrected chi connectivity index (χ1v) is 6.67. The van der Waals surface area contributed by atoms with Gasteiger partial charge in [-0.25, -0.2) is 0 Å². The Balaban J connectivity index is 2.16. The molecule has 96 valence electrons. The largest absolute Gasteiger partial charge is 0.310 e. The fraction of sp³-hybridized carbons (Fsp3) is 1.00. The van der Waals surface area contributed by atoms with Gasteiger partial charge in [-0.2, -0.15) is 0 Å². The van der Waals surface area contributed by atoms with Crippen molar-refractivity contribution in [1.29, 1.82) is 0 Å². The van der Waals surface area contributed by atoms with Crippen molar-refractivity contribution in [3.8, 4) is 0 Å². The Morgan fingerprint density at radius 3 is 2.56 bits per heavy atom. The first-order valence-electron chi connectivity index (χ1n) is 6.67. The lowest BCUT2D eigenvalue weighted by Gasteiger charge is -2.24. The summed E-state index contributed by atoms with van der Waals surface area (Å²) < 4.78 is 0. The monoisotopic (exact) mass is 227 g/mol. The van der Waals surface area contributed by atoms with Gasteiger partial charge in [0.1, 0.15) is 0 Å². The summed E-state index contributed by atoms with van der Waals surface area (Å²) in [6, 6.07) is 1.99. The van der Waals surface area contributed by atoms with Gasteiger partial charge in [-0.1, -0.05) is 13.8 Å². The van der Waals surface area contributed by atoms with E-state index in [1.54, 1.807) is 0 Å². The lowest BCUT2D eigenvalue weighted by atomic mass is 10.2. The summed E-state index contributed by atoms with van der Waals surface area (Å²) in [5.41, 5.74) is 0. The summed E-state index contributed by atoms with van der Waals surface area (Å²) in [4.78, 5) is 5.00. The average Bonchev–Trinajstić information content (AvgIpc) is 2.60. The second kappa shape index (κ2) is 6.58. The van der Waals surface area contributed by atoms with Crippen molar-refractivity contribution in [2.75, 3.05) is 33.2 Å². The zero-order valence-corrected chi connectivity index (χ0v) is 11.7. The topological polar surface area (TPSA) is 18.5 Å². The highest BCUT2D eigenvalue weighted by atomic mass is 15.2. The van der Waals surface area contributed by atoms with Crippen molar-refractivity contribution in [3.05, 3.63) is 0 Å². The molecule has 1 fully saturated rings. The summed E-state index contributed by atoms with van der Waals surface area (Å²) in [7, 11) is 2.21. The Morgan fingerprint density at radius 1 is 1.31 bits per heavy atom. The first-order chi connectivity index (χ1) is 7.49. The van der Waals surface area contributed by atoms with Crippen LogP contribution < -0.4 is 5.32 Å². The van der Waals surface area contributed by atoms with E-state index in [0.29, 0.717) is 18.1 Å². The summed E-state index contributed by atoms with van der Waals surface area (Å²) in [5, 5.41) is 3.63. The minimum Gasteiger partial charge on any atom is -0.310 e. The van der Waals surface area contributed by atoms with Crippen LogP contribution in [0.5, 0.6) is 0 Å². The van der Waals surface area contributed by atoms with Crippen molar-refractivity contribution in [1.82, 2.24) is 15.1 Å². The quantitative estimate of drug-likeness (QED) is 0.740. The molecule has 1 heterocycles. The Labute approximate surface area is 101 Å². The van der Waals surface area contributed by atoms with Gasteiger partial charge in [0.15, 0.2) is 0 Å². The fourth-order valence-electron chi connectivity index (χ4n) is 2.20. The van der Waals surface area contributed by atoms with Crippen molar-refractivity contribution < 1.29 is 0 Å². The maximum Gasteiger partial charge on any atom is 0.0209 e. The lowest BCUT2D eigenvalue weighted by Crippen LogP contribution is -2.39. The Hall–Kier alpha value is -0.120. The highest BCUT2D eigenvalue weighted by Crippen LogP contribution is 2.09. The molecular formula is C13H29N3. The van der Waals surface area contributed by atoms with Gasteiger partial charge in [0, 0.05) is 37.8 Å². The minimum absolute atomic E-state index is 0.614. The molecule has 1 unspecified atom stereocenters. The van der Waals surface area contributed by atoms with E-state index in [1.807, 2.05) is 0 Å². The third-order valence-corrected chi connectivity index (χ3v) is 3.49. The van der Waals surface area contributed by atoms with E-state index in [4.69, 9.17) is 0 Å². The number of hydrogen-bond acceptors (Lipinski definition) is 3. The smallest absolute Gasteiger partial charge is 0.0209 e. The van der Waals surface area contributed by atoms with Gasteiger partial charge in [0.25, 0.3) is 0 Å². The van der Waals surface area contributed by atoms with E-state index < -0.39 is 0 Å². The summed E-state index contributed by atoms with van der Waals surface area (Å²) >= 11 is 0. The van der Waals surface area contributed by atoms with Crippen LogP contribution in [-0.2, 0) is 0 Å². The highest BCUT2D eigenvalue weighted by Gasteiger charge is 2.22. The third-order valence-electron chi connectivity index (χ3n) is 3.49. The van der Waals surface area contributed by atoms with Gasteiger partial charge in [0.05, 0.1) is 0 Å². The summed E-state index contributed by atoms with van der Waals surface area (Å²) in [6.45, 7) is 13.9. The van der Waals surface area contributed by atoms with Gasteiger partial charge in [-0.15, -0.1) is 0 Å². The van der Waals surface area contributed by atoms with Gasteiger partial charge < -0.3 is 15.1 Å². The first kappa shape index (κ1) is 13.9. The summed E-state index contributed by atoms with van der Waals surface area (Å²) in [6.07, 6.45) is 1.31. The lowest BCUT2D eigenvalue weighted by molar-refractivity contribution is 0.222. The molecule has 1 rings (SSSR count). The maximum absolute atomic E-state index is 3.63. The molecule has 1 aliphatic rings. The molecule has 0 amide bonds. The predicted octanol–water partition coefficient (Wildman–Crippen LogP) is 1.40. The normalized spacial score (nSPS) is 22.9. The molecule has 1 N–H and O–H groups in total. The van der Waals surface area contributed by atoms with Crippen LogP contribution in [-0.4, -0.2) is 61.2 Å². The molecule has 0 radical (unpaired) electrons. The molecule has 0 aliphatic carbocycles. The zero-order chi connectivity index (χ0) is 12.1. The Kier molecular flexibility index (Phi) is 5.73. The maximum atomic E-state index is 3.63. The standard InChI is InChI=1S/C13H29N3/c1-11(2)14-13-6-7-16(10-13)9-8-15(5)12(3)4/h11-14H,6-10H2,1-5H3. The highest BCUT2D eigenvalue weighted by molar-refractivity contribution is 4.82. The van der Waals surface area contributed by atoms with Gasteiger partial charge >= 0.3 is 0 Å². The predicted molar refractivity (Wildman–Crippen MR) is 70.9 cm³/mol. The molecule has 3 nitrogen and oxygen atoms in total. The second-order valence-corrected chi connectivity index (χ2v) is 5.68. The number of hydrogen-bond donors (Lipinski definition) is 1. The van der Waals surface area contributed by atoms with Crippen LogP contribution >= 0.6 is 0 Å². The fourth-order valence-corrected chi connectivity index (χ4v) is 2.20. The van der Waals surface area contributed by atoms with E-state index in [9.17, 15) is 0 Å². The average molecular weight is 227 g/mol. The number of rotatable bonds is 6. The third kappa shape index (κ3) is 4.81. The van der Waals surface area contributed by atoms with Crippen molar-refractivity contribution in [3.63, 3.8) is 0 Å². The van der Waals surface area contributed by atoms with Gasteiger partial charge in [-0.3, -0.25) is 0 Å². The van der Waals surface area contributed by atoms with E-state index in [0.717, 1.165) is 0 Å². The molecule has 1 atom stereocenters. The molecule has 1 saturated heterocycles. The van der Waals surface area contributed by atoms with Crippen LogP contribution in [0.4, 0.5) is 0 Å². The molecule has 0 aromatic carbocycles. The Bertz CT molecular complexity index is 192. The van der Waals surface area contributed by atoms with Crippen LogP contribution in [0.3, 0.4) is 0 Å². The van der Waals surface area contributed by atoms with Crippen LogP contribution in [0.2, 0.25) is 0 Å². The van der Waals surface area contributed by atoms with E-state index in [-0.39, 0.29) is 0 Å². The molecule has 0 aromatic heterocycles. The van der Waals surface area contributed by atoms with Gasteiger partial charge in [0.2, 0.25) is 0 Å². The molecule has 16 heavy (non-hydrogen) atoms.